The minimum absolute atomic E-state index is 0.0123. The van der Waals surface area contributed by atoms with Crippen LogP contribution in [0.4, 0.5) is 0 Å². The third kappa shape index (κ3) is 4.28. The van der Waals surface area contributed by atoms with Crippen molar-refractivity contribution in [3.63, 3.8) is 0 Å². The minimum atomic E-state index is 0.0123. The molecule has 0 bridgehead atoms. The molecule has 2 amide bonds. The first-order valence-corrected chi connectivity index (χ1v) is 11.4. The van der Waals surface area contributed by atoms with Gasteiger partial charge in [0, 0.05) is 55.9 Å². The van der Waals surface area contributed by atoms with Gasteiger partial charge in [0.2, 0.25) is 5.91 Å². The number of piperazine rings is 1. The summed E-state index contributed by atoms with van der Waals surface area (Å²) in [6.45, 7) is 5.17. The van der Waals surface area contributed by atoms with E-state index in [9.17, 15) is 9.59 Å². The molecule has 0 atom stereocenters. The lowest BCUT2D eigenvalue weighted by atomic mass is 9.95. The number of carbonyl (C=O) groups excluding carboxylic acids is 2. The molecule has 2 aliphatic rings. The fourth-order valence-corrected chi connectivity index (χ4v) is 5.18. The predicted molar refractivity (Wildman–Crippen MR) is 122 cm³/mol. The monoisotopic (exact) mass is 426 g/mol. The summed E-state index contributed by atoms with van der Waals surface area (Å²) in [5, 5.41) is 3.65. The SMILES string of the molecule is CNC(=O)CN1CCN(C(=O)c2c(C)n(C3CCCCC3)c3ccc(OC)cc23)CC1. The number of fused-ring (bicyclic) bond motifs is 1. The second-order valence-corrected chi connectivity index (χ2v) is 8.75. The van der Waals surface area contributed by atoms with Crippen molar-refractivity contribution in [2.24, 2.45) is 0 Å². The van der Waals surface area contributed by atoms with E-state index in [2.05, 4.69) is 27.8 Å². The fraction of sp³-hybridized carbons (Fsp3) is 0.583. The Bertz CT molecular complexity index is 953. The number of nitrogens with one attached hydrogen (secondary N) is 1. The van der Waals surface area contributed by atoms with Crippen molar-refractivity contribution in [1.82, 2.24) is 19.7 Å². The molecule has 1 aliphatic heterocycles. The van der Waals surface area contributed by atoms with Crippen LogP contribution in [0.5, 0.6) is 5.75 Å². The number of rotatable bonds is 5. The van der Waals surface area contributed by atoms with Crippen LogP contribution in [0.25, 0.3) is 10.9 Å². The number of carbonyl (C=O) groups is 2. The number of likely N-dealkylation sites (N-methyl/N-ethyl adjacent to an activating group) is 1. The van der Waals surface area contributed by atoms with Crippen molar-refractivity contribution >= 4 is 22.7 Å². The van der Waals surface area contributed by atoms with E-state index in [-0.39, 0.29) is 11.8 Å². The first kappa shape index (κ1) is 21.7. The molecule has 1 N–H and O–H groups in total. The van der Waals surface area contributed by atoms with Gasteiger partial charge in [0.25, 0.3) is 5.91 Å². The van der Waals surface area contributed by atoms with E-state index in [1.54, 1.807) is 14.2 Å². The van der Waals surface area contributed by atoms with E-state index in [0.29, 0.717) is 38.8 Å². The molecular weight excluding hydrogens is 392 g/mol. The lowest BCUT2D eigenvalue weighted by molar-refractivity contribution is -0.122. The quantitative estimate of drug-likeness (QED) is 0.798. The van der Waals surface area contributed by atoms with Gasteiger partial charge in [-0.05, 0) is 38.0 Å². The Morgan fingerprint density at radius 1 is 1.10 bits per heavy atom. The van der Waals surface area contributed by atoms with Crippen LogP contribution in [0.2, 0.25) is 0 Å². The molecular formula is C24H34N4O3. The van der Waals surface area contributed by atoms with E-state index >= 15 is 0 Å². The van der Waals surface area contributed by atoms with Gasteiger partial charge < -0.3 is 19.5 Å². The first-order valence-electron chi connectivity index (χ1n) is 11.4. The van der Waals surface area contributed by atoms with Gasteiger partial charge in [0.15, 0.2) is 0 Å². The maximum absolute atomic E-state index is 13.7. The van der Waals surface area contributed by atoms with E-state index in [0.717, 1.165) is 27.9 Å². The van der Waals surface area contributed by atoms with Crippen LogP contribution < -0.4 is 10.1 Å². The number of hydrogen-bond donors (Lipinski definition) is 1. The van der Waals surface area contributed by atoms with Crippen molar-refractivity contribution in [2.75, 3.05) is 46.9 Å². The Balaban J connectivity index is 1.64. The van der Waals surface area contributed by atoms with Crippen molar-refractivity contribution < 1.29 is 14.3 Å². The Hall–Kier alpha value is -2.54. The van der Waals surface area contributed by atoms with E-state index in [1.807, 2.05) is 17.0 Å². The van der Waals surface area contributed by atoms with Gasteiger partial charge in [-0.15, -0.1) is 0 Å². The lowest BCUT2D eigenvalue weighted by Crippen LogP contribution is -2.51. The van der Waals surface area contributed by atoms with Gasteiger partial charge in [0.05, 0.1) is 19.2 Å². The highest BCUT2D eigenvalue weighted by atomic mass is 16.5. The van der Waals surface area contributed by atoms with E-state index in [4.69, 9.17) is 4.74 Å². The van der Waals surface area contributed by atoms with Crippen molar-refractivity contribution in [3.05, 3.63) is 29.5 Å². The van der Waals surface area contributed by atoms with Crippen LogP contribution in [0.15, 0.2) is 18.2 Å². The van der Waals surface area contributed by atoms with Crippen LogP contribution in [0.3, 0.4) is 0 Å². The molecule has 2 fully saturated rings. The van der Waals surface area contributed by atoms with Gasteiger partial charge in [-0.25, -0.2) is 0 Å². The molecule has 31 heavy (non-hydrogen) atoms. The Labute approximate surface area is 184 Å². The van der Waals surface area contributed by atoms with E-state index < -0.39 is 0 Å². The molecule has 0 spiro atoms. The summed E-state index contributed by atoms with van der Waals surface area (Å²) in [6.07, 6.45) is 6.13. The third-order valence-electron chi connectivity index (χ3n) is 6.92. The maximum Gasteiger partial charge on any atom is 0.256 e. The molecule has 0 radical (unpaired) electrons. The lowest BCUT2D eigenvalue weighted by Gasteiger charge is -2.34. The molecule has 1 saturated heterocycles. The van der Waals surface area contributed by atoms with Gasteiger partial charge in [0.1, 0.15) is 5.75 Å². The average molecular weight is 427 g/mol. The zero-order valence-corrected chi connectivity index (χ0v) is 18.9. The number of ether oxygens (including phenoxy) is 1. The predicted octanol–water partition coefficient (Wildman–Crippen LogP) is 2.97. The summed E-state index contributed by atoms with van der Waals surface area (Å²) in [6, 6.07) is 6.56. The van der Waals surface area contributed by atoms with Crippen molar-refractivity contribution in [2.45, 2.75) is 45.1 Å². The summed E-state index contributed by atoms with van der Waals surface area (Å²) in [5.74, 6) is 0.876. The smallest absolute Gasteiger partial charge is 0.256 e. The van der Waals surface area contributed by atoms with Crippen LogP contribution in [-0.4, -0.2) is 73.1 Å². The summed E-state index contributed by atoms with van der Waals surface area (Å²) in [7, 11) is 3.32. The normalized spacial score (nSPS) is 18.4. The number of amides is 2. The zero-order valence-electron chi connectivity index (χ0n) is 18.9. The molecule has 4 rings (SSSR count). The molecule has 1 aliphatic carbocycles. The van der Waals surface area contributed by atoms with Gasteiger partial charge in [-0.2, -0.15) is 0 Å². The highest BCUT2D eigenvalue weighted by molar-refractivity contribution is 6.09. The summed E-state index contributed by atoms with van der Waals surface area (Å²) >= 11 is 0. The molecule has 2 heterocycles. The molecule has 1 aromatic carbocycles. The molecule has 1 saturated carbocycles. The zero-order chi connectivity index (χ0) is 22.0. The highest BCUT2D eigenvalue weighted by Crippen LogP contribution is 2.37. The molecule has 7 nitrogen and oxygen atoms in total. The summed E-state index contributed by atoms with van der Waals surface area (Å²) in [5.41, 5.74) is 3.00. The first-order chi connectivity index (χ1) is 15.0. The van der Waals surface area contributed by atoms with Crippen molar-refractivity contribution in [1.29, 1.82) is 0 Å². The Morgan fingerprint density at radius 3 is 2.45 bits per heavy atom. The van der Waals surface area contributed by atoms with Crippen LogP contribution in [0, 0.1) is 6.92 Å². The molecule has 7 heteroatoms. The minimum Gasteiger partial charge on any atom is -0.497 e. The topological polar surface area (TPSA) is 66.8 Å². The van der Waals surface area contributed by atoms with Crippen LogP contribution in [-0.2, 0) is 4.79 Å². The second kappa shape index (κ2) is 9.30. The number of benzene rings is 1. The van der Waals surface area contributed by atoms with Crippen molar-refractivity contribution in [3.8, 4) is 5.75 Å². The molecule has 168 valence electrons. The maximum atomic E-state index is 13.7. The molecule has 1 aromatic heterocycles. The van der Waals surface area contributed by atoms with Crippen LogP contribution >= 0.6 is 0 Å². The van der Waals surface area contributed by atoms with Gasteiger partial charge in [-0.3, -0.25) is 14.5 Å². The highest BCUT2D eigenvalue weighted by Gasteiger charge is 2.30. The number of hydrogen-bond acceptors (Lipinski definition) is 4. The number of nitrogens with zero attached hydrogens (tertiary/aromatic N) is 3. The molecule has 2 aromatic rings. The second-order valence-electron chi connectivity index (χ2n) is 8.75. The number of aromatic nitrogens is 1. The standard InChI is InChI=1S/C24H34N4O3/c1-17-23(24(30)27-13-11-26(12-14-27)16-22(29)25-2)20-15-19(31-3)9-10-21(20)28(17)18-7-5-4-6-8-18/h9-10,15,18H,4-8,11-14,16H2,1-3H3,(H,25,29). The van der Waals surface area contributed by atoms with Gasteiger partial charge in [-0.1, -0.05) is 19.3 Å². The van der Waals surface area contributed by atoms with Crippen LogP contribution in [0.1, 0.15) is 54.2 Å². The average Bonchev–Trinajstić information content (AvgIpc) is 3.10. The summed E-state index contributed by atoms with van der Waals surface area (Å²) in [4.78, 5) is 29.4. The van der Waals surface area contributed by atoms with Gasteiger partial charge >= 0.3 is 0 Å². The Morgan fingerprint density at radius 2 is 1.81 bits per heavy atom. The largest absolute Gasteiger partial charge is 0.497 e. The molecule has 0 unspecified atom stereocenters. The third-order valence-corrected chi connectivity index (χ3v) is 6.92. The Kier molecular flexibility index (Phi) is 6.51. The fourth-order valence-electron chi connectivity index (χ4n) is 5.18. The number of methoxy groups -OCH3 is 1. The summed E-state index contributed by atoms with van der Waals surface area (Å²) < 4.78 is 7.89. The van der Waals surface area contributed by atoms with E-state index in [1.165, 1.54) is 32.1 Å².